The van der Waals surface area contributed by atoms with Crippen LogP contribution in [0.15, 0.2) is 42.5 Å². The predicted octanol–water partition coefficient (Wildman–Crippen LogP) is 2.62. The molecule has 0 aromatic heterocycles. The normalized spacial score (nSPS) is 23.1. The number of carbonyl (C=O) groups is 1. The highest BCUT2D eigenvalue weighted by molar-refractivity contribution is 6.30. The molecule has 0 saturated carbocycles. The van der Waals surface area contributed by atoms with Gasteiger partial charge in [0.2, 0.25) is 0 Å². The Bertz CT molecular complexity index is 904. The Balaban J connectivity index is 1.31. The first-order chi connectivity index (χ1) is 14.4. The third kappa shape index (κ3) is 4.64. The van der Waals surface area contributed by atoms with Crippen LogP contribution >= 0.6 is 11.6 Å². The topological polar surface area (TPSA) is 47.0 Å². The minimum atomic E-state index is -0.837. The number of amides is 1. The number of rotatable bonds is 4. The number of aliphatic hydroxyl groups is 1. The summed E-state index contributed by atoms with van der Waals surface area (Å²) >= 11 is 5.89. The first-order valence-corrected chi connectivity index (χ1v) is 10.4. The zero-order valence-electron chi connectivity index (χ0n) is 16.5. The summed E-state index contributed by atoms with van der Waals surface area (Å²) in [6.45, 7) is 4.34. The molecule has 4 rings (SSSR count). The second-order valence-corrected chi connectivity index (χ2v) is 8.35. The fourth-order valence-corrected chi connectivity index (χ4v) is 4.34. The summed E-state index contributed by atoms with van der Waals surface area (Å²) in [6, 6.07) is 10.7. The van der Waals surface area contributed by atoms with E-state index in [2.05, 4.69) is 9.80 Å². The highest BCUT2D eigenvalue weighted by Gasteiger charge is 2.38. The number of benzene rings is 2. The van der Waals surface area contributed by atoms with Gasteiger partial charge in [0, 0.05) is 56.4 Å². The Morgan fingerprint density at radius 1 is 1.00 bits per heavy atom. The summed E-state index contributed by atoms with van der Waals surface area (Å²) in [4.78, 5) is 18.8. The molecule has 2 aliphatic heterocycles. The largest absolute Gasteiger partial charge is 0.390 e. The summed E-state index contributed by atoms with van der Waals surface area (Å²) in [5, 5.41) is 11.1. The molecule has 8 heteroatoms. The number of β-amino-alcohol motifs (C(OH)–C–C–N with tert-alkyl or cyclic N) is 1. The summed E-state index contributed by atoms with van der Waals surface area (Å²) in [6.07, 6.45) is -0.598. The van der Waals surface area contributed by atoms with E-state index in [0.29, 0.717) is 30.2 Å². The van der Waals surface area contributed by atoms with Gasteiger partial charge in [-0.15, -0.1) is 0 Å². The van der Waals surface area contributed by atoms with Gasteiger partial charge in [-0.3, -0.25) is 14.6 Å². The van der Waals surface area contributed by atoms with Crippen molar-refractivity contribution in [2.75, 3.05) is 39.3 Å². The van der Waals surface area contributed by atoms with Crippen LogP contribution in [-0.2, 0) is 6.54 Å². The van der Waals surface area contributed by atoms with E-state index in [-0.39, 0.29) is 11.9 Å². The third-order valence-corrected chi connectivity index (χ3v) is 6.16. The van der Waals surface area contributed by atoms with Gasteiger partial charge < -0.3 is 10.0 Å². The van der Waals surface area contributed by atoms with Gasteiger partial charge in [-0.05, 0) is 42.0 Å². The van der Waals surface area contributed by atoms with Crippen molar-refractivity contribution in [3.05, 3.63) is 70.2 Å². The minimum absolute atomic E-state index is 0.105. The minimum Gasteiger partial charge on any atom is -0.390 e. The maximum atomic E-state index is 13.4. The number of nitrogens with zero attached hydrogens (tertiary/aromatic N) is 3. The van der Waals surface area contributed by atoms with Crippen molar-refractivity contribution >= 4 is 17.5 Å². The van der Waals surface area contributed by atoms with Gasteiger partial charge in [-0.1, -0.05) is 17.7 Å². The average Bonchev–Trinajstić information content (AvgIpc) is 3.13. The first-order valence-electron chi connectivity index (χ1n) is 10.0. The Hall–Kier alpha value is -2.06. The maximum absolute atomic E-state index is 13.4. The van der Waals surface area contributed by atoms with Crippen LogP contribution in [0.1, 0.15) is 15.9 Å². The van der Waals surface area contributed by atoms with Crippen LogP contribution in [0, 0.1) is 11.6 Å². The summed E-state index contributed by atoms with van der Waals surface area (Å²) in [5.74, 6) is -1.77. The molecule has 1 N–H and O–H groups in total. The molecule has 1 amide bonds. The molecule has 30 heavy (non-hydrogen) atoms. The molecule has 0 radical (unpaired) electrons. The smallest absolute Gasteiger partial charge is 0.253 e. The number of piperazine rings is 1. The lowest BCUT2D eigenvalue weighted by atomic mass is 10.1. The number of likely N-dealkylation sites (tertiary alicyclic amines) is 1. The SMILES string of the molecule is O=C(c1ccc(Cl)cc1)N1C[C@H](O)[C@@H](N2CCN(Cc3ccc(F)c(F)c3)CC2)C1. The molecule has 2 heterocycles. The molecule has 2 aromatic carbocycles. The molecular weight excluding hydrogens is 412 g/mol. The monoisotopic (exact) mass is 435 g/mol. The van der Waals surface area contributed by atoms with Gasteiger partial charge >= 0.3 is 0 Å². The molecule has 2 aromatic rings. The van der Waals surface area contributed by atoms with E-state index >= 15 is 0 Å². The number of aliphatic hydroxyl groups excluding tert-OH is 1. The molecule has 2 fully saturated rings. The van der Waals surface area contributed by atoms with Gasteiger partial charge in [0.15, 0.2) is 11.6 Å². The van der Waals surface area contributed by atoms with Crippen LogP contribution in [0.4, 0.5) is 8.78 Å². The zero-order valence-corrected chi connectivity index (χ0v) is 17.2. The van der Waals surface area contributed by atoms with E-state index in [1.165, 1.54) is 6.07 Å². The first kappa shape index (κ1) is 21.2. The van der Waals surface area contributed by atoms with Gasteiger partial charge in [-0.2, -0.15) is 0 Å². The number of hydrogen-bond donors (Lipinski definition) is 1. The predicted molar refractivity (Wildman–Crippen MR) is 110 cm³/mol. The quantitative estimate of drug-likeness (QED) is 0.802. The van der Waals surface area contributed by atoms with E-state index in [1.54, 1.807) is 35.2 Å². The molecule has 2 aliphatic rings. The summed E-state index contributed by atoms with van der Waals surface area (Å²) < 4.78 is 26.5. The number of hydrogen-bond acceptors (Lipinski definition) is 4. The molecule has 0 spiro atoms. The van der Waals surface area contributed by atoms with Crippen LogP contribution in [0.25, 0.3) is 0 Å². The van der Waals surface area contributed by atoms with Crippen LogP contribution in [0.5, 0.6) is 0 Å². The molecule has 2 saturated heterocycles. The number of halogens is 3. The molecule has 0 unspecified atom stereocenters. The van der Waals surface area contributed by atoms with E-state index in [1.807, 2.05) is 0 Å². The molecule has 5 nitrogen and oxygen atoms in total. The lowest BCUT2D eigenvalue weighted by Crippen LogP contribution is -2.53. The van der Waals surface area contributed by atoms with Gasteiger partial charge in [-0.25, -0.2) is 8.78 Å². The van der Waals surface area contributed by atoms with Crippen molar-refractivity contribution in [2.24, 2.45) is 0 Å². The second-order valence-electron chi connectivity index (χ2n) is 7.91. The Labute approximate surface area is 179 Å². The van der Waals surface area contributed by atoms with Crippen LogP contribution < -0.4 is 0 Å². The van der Waals surface area contributed by atoms with Gasteiger partial charge in [0.25, 0.3) is 5.91 Å². The van der Waals surface area contributed by atoms with Crippen LogP contribution in [0.2, 0.25) is 5.02 Å². The third-order valence-electron chi connectivity index (χ3n) is 5.90. The van der Waals surface area contributed by atoms with E-state index < -0.39 is 17.7 Å². The average molecular weight is 436 g/mol. The fraction of sp³-hybridized carbons (Fsp3) is 0.409. The highest BCUT2D eigenvalue weighted by Crippen LogP contribution is 2.22. The van der Waals surface area contributed by atoms with Crippen molar-refractivity contribution in [1.29, 1.82) is 0 Å². The van der Waals surface area contributed by atoms with Crippen molar-refractivity contribution in [3.8, 4) is 0 Å². The molecule has 160 valence electrons. The van der Waals surface area contributed by atoms with Crippen molar-refractivity contribution < 1.29 is 18.7 Å². The molecule has 2 atom stereocenters. The van der Waals surface area contributed by atoms with Crippen molar-refractivity contribution in [1.82, 2.24) is 14.7 Å². The number of carbonyl (C=O) groups excluding carboxylic acids is 1. The van der Waals surface area contributed by atoms with Gasteiger partial charge in [0.05, 0.1) is 12.1 Å². The lowest BCUT2D eigenvalue weighted by Gasteiger charge is -2.38. The fourth-order valence-electron chi connectivity index (χ4n) is 4.22. The van der Waals surface area contributed by atoms with E-state index in [4.69, 9.17) is 11.6 Å². The van der Waals surface area contributed by atoms with E-state index in [9.17, 15) is 18.7 Å². The molecular formula is C22H24ClF2N3O2. The Morgan fingerprint density at radius 3 is 2.37 bits per heavy atom. The van der Waals surface area contributed by atoms with Gasteiger partial charge in [0.1, 0.15) is 0 Å². The summed E-state index contributed by atoms with van der Waals surface area (Å²) in [7, 11) is 0. The van der Waals surface area contributed by atoms with Crippen molar-refractivity contribution in [3.63, 3.8) is 0 Å². The lowest BCUT2D eigenvalue weighted by molar-refractivity contribution is 0.0423. The standard InChI is InChI=1S/C22H24ClF2N3O2/c23-17-4-2-16(3-5-17)22(30)28-13-20(21(29)14-28)27-9-7-26(8-10-27)12-15-1-6-18(24)19(25)11-15/h1-6,11,20-21,29H,7-10,12-14H2/t20-,21-/m0/s1. The van der Waals surface area contributed by atoms with Crippen molar-refractivity contribution in [2.45, 2.75) is 18.7 Å². The van der Waals surface area contributed by atoms with Crippen LogP contribution in [-0.4, -0.2) is 77.1 Å². The highest BCUT2D eigenvalue weighted by atomic mass is 35.5. The molecule has 0 aliphatic carbocycles. The zero-order chi connectivity index (χ0) is 21.3. The second kappa shape index (κ2) is 8.98. The Morgan fingerprint density at radius 2 is 1.70 bits per heavy atom. The summed E-state index contributed by atoms with van der Waals surface area (Å²) in [5.41, 5.74) is 1.30. The molecule has 0 bridgehead atoms. The van der Waals surface area contributed by atoms with E-state index in [0.717, 1.165) is 37.8 Å². The van der Waals surface area contributed by atoms with Crippen LogP contribution in [0.3, 0.4) is 0 Å². The Kier molecular flexibility index (Phi) is 6.34. The maximum Gasteiger partial charge on any atom is 0.253 e.